The SMILES string of the molecule is Cc1ccc(OCC(=O)N2CCN(C(=O)OCc3ccccc3)CC2)c(C)c1. The second-order valence-corrected chi connectivity index (χ2v) is 6.97. The van der Waals surface area contributed by atoms with E-state index in [0.29, 0.717) is 26.2 Å². The van der Waals surface area contributed by atoms with Crippen LogP contribution in [0.2, 0.25) is 0 Å². The molecule has 0 aliphatic carbocycles. The zero-order valence-corrected chi connectivity index (χ0v) is 16.4. The maximum atomic E-state index is 12.4. The molecule has 1 aliphatic heterocycles. The van der Waals surface area contributed by atoms with E-state index in [1.165, 1.54) is 0 Å². The number of ether oxygens (including phenoxy) is 2. The molecule has 0 radical (unpaired) electrons. The minimum Gasteiger partial charge on any atom is -0.484 e. The van der Waals surface area contributed by atoms with Crippen molar-refractivity contribution in [1.82, 2.24) is 9.80 Å². The average Bonchev–Trinajstić information content (AvgIpc) is 2.72. The lowest BCUT2D eigenvalue weighted by Crippen LogP contribution is -2.51. The maximum absolute atomic E-state index is 12.4. The molecule has 2 aromatic carbocycles. The molecule has 6 heteroatoms. The average molecular weight is 382 g/mol. The summed E-state index contributed by atoms with van der Waals surface area (Å²) < 4.78 is 11.0. The summed E-state index contributed by atoms with van der Waals surface area (Å²) in [7, 11) is 0. The first-order valence-electron chi connectivity index (χ1n) is 9.46. The van der Waals surface area contributed by atoms with Gasteiger partial charge in [-0.2, -0.15) is 0 Å². The monoisotopic (exact) mass is 382 g/mol. The van der Waals surface area contributed by atoms with Gasteiger partial charge < -0.3 is 19.3 Å². The summed E-state index contributed by atoms with van der Waals surface area (Å²) in [6.45, 7) is 6.13. The van der Waals surface area contributed by atoms with Gasteiger partial charge in [0.1, 0.15) is 12.4 Å². The van der Waals surface area contributed by atoms with Crippen molar-refractivity contribution in [3.05, 3.63) is 65.2 Å². The summed E-state index contributed by atoms with van der Waals surface area (Å²) in [5.41, 5.74) is 3.12. The molecule has 1 aliphatic rings. The number of amides is 2. The van der Waals surface area contributed by atoms with Crippen molar-refractivity contribution >= 4 is 12.0 Å². The Bertz CT molecular complexity index is 815. The number of carbonyl (C=O) groups excluding carboxylic acids is 2. The molecular weight excluding hydrogens is 356 g/mol. The van der Waals surface area contributed by atoms with E-state index < -0.39 is 0 Å². The lowest BCUT2D eigenvalue weighted by atomic mass is 10.1. The van der Waals surface area contributed by atoms with Gasteiger partial charge >= 0.3 is 6.09 Å². The number of nitrogens with zero attached hydrogens (tertiary/aromatic N) is 2. The van der Waals surface area contributed by atoms with Gasteiger partial charge in [-0.1, -0.05) is 48.0 Å². The molecule has 1 saturated heterocycles. The highest BCUT2D eigenvalue weighted by Crippen LogP contribution is 2.18. The van der Waals surface area contributed by atoms with Gasteiger partial charge in [0.2, 0.25) is 0 Å². The molecule has 1 heterocycles. The molecule has 0 saturated carbocycles. The number of rotatable bonds is 5. The van der Waals surface area contributed by atoms with Crippen LogP contribution in [0.3, 0.4) is 0 Å². The highest BCUT2D eigenvalue weighted by molar-refractivity contribution is 5.78. The molecule has 0 atom stereocenters. The normalized spacial score (nSPS) is 13.9. The molecule has 28 heavy (non-hydrogen) atoms. The Morgan fingerprint density at radius 1 is 0.929 bits per heavy atom. The van der Waals surface area contributed by atoms with Crippen molar-refractivity contribution in [1.29, 1.82) is 0 Å². The van der Waals surface area contributed by atoms with Gasteiger partial charge in [-0.15, -0.1) is 0 Å². The van der Waals surface area contributed by atoms with Gasteiger partial charge in [0.25, 0.3) is 5.91 Å². The molecule has 148 valence electrons. The molecule has 1 fully saturated rings. The fourth-order valence-corrected chi connectivity index (χ4v) is 3.14. The second kappa shape index (κ2) is 9.26. The Balaban J connectivity index is 1.41. The summed E-state index contributed by atoms with van der Waals surface area (Å²) in [5, 5.41) is 0. The van der Waals surface area contributed by atoms with E-state index in [-0.39, 0.29) is 25.2 Å². The van der Waals surface area contributed by atoms with Gasteiger partial charge in [-0.3, -0.25) is 4.79 Å². The fourth-order valence-electron chi connectivity index (χ4n) is 3.14. The first-order chi connectivity index (χ1) is 13.5. The Labute approximate surface area is 165 Å². The molecule has 0 N–H and O–H groups in total. The van der Waals surface area contributed by atoms with Crippen molar-refractivity contribution in [3.63, 3.8) is 0 Å². The Morgan fingerprint density at radius 3 is 2.29 bits per heavy atom. The Kier molecular flexibility index (Phi) is 6.53. The van der Waals surface area contributed by atoms with Crippen molar-refractivity contribution in [3.8, 4) is 5.75 Å². The van der Waals surface area contributed by atoms with Crippen LogP contribution in [0.4, 0.5) is 4.79 Å². The smallest absolute Gasteiger partial charge is 0.410 e. The van der Waals surface area contributed by atoms with Crippen molar-refractivity contribution in [2.45, 2.75) is 20.5 Å². The highest BCUT2D eigenvalue weighted by Gasteiger charge is 2.25. The zero-order chi connectivity index (χ0) is 19.9. The predicted octanol–water partition coefficient (Wildman–Crippen LogP) is 3.16. The van der Waals surface area contributed by atoms with Gasteiger partial charge in [-0.05, 0) is 31.0 Å². The molecular formula is C22H26N2O4. The van der Waals surface area contributed by atoms with Crippen LogP contribution < -0.4 is 4.74 Å². The topological polar surface area (TPSA) is 59.1 Å². The third-order valence-corrected chi connectivity index (χ3v) is 4.78. The second-order valence-electron chi connectivity index (χ2n) is 6.97. The molecule has 0 spiro atoms. The van der Waals surface area contributed by atoms with E-state index >= 15 is 0 Å². The standard InChI is InChI=1S/C22H26N2O4/c1-17-8-9-20(18(2)14-17)27-16-21(25)23-10-12-24(13-11-23)22(26)28-15-19-6-4-3-5-7-19/h3-9,14H,10-13,15-16H2,1-2H3. The fraction of sp³-hybridized carbons (Fsp3) is 0.364. The predicted molar refractivity (Wildman–Crippen MR) is 106 cm³/mol. The minimum absolute atomic E-state index is 0.00234. The summed E-state index contributed by atoms with van der Waals surface area (Å²) >= 11 is 0. The molecule has 6 nitrogen and oxygen atoms in total. The van der Waals surface area contributed by atoms with Crippen LogP contribution in [0.1, 0.15) is 16.7 Å². The quantitative estimate of drug-likeness (QED) is 0.797. The van der Waals surface area contributed by atoms with Crippen LogP contribution in [0, 0.1) is 13.8 Å². The first-order valence-corrected chi connectivity index (χ1v) is 9.46. The maximum Gasteiger partial charge on any atom is 0.410 e. The van der Waals surface area contributed by atoms with Crippen molar-refractivity contribution in [2.24, 2.45) is 0 Å². The van der Waals surface area contributed by atoms with Crippen LogP contribution >= 0.6 is 0 Å². The largest absolute Gasteiger partial charge is 0.484 e. The molecule has 0 unspecified atom stereocenters. The van der Waals surface area contributed by atoms with E-state index in [1.54, 1.807) is 9.80 Å². The number of hydrogen-bond donors (Lipinski definition) is 0. The third kappa shape index (κ3) is 5.25. The number of aryl methyl sites for hydroxylation is 2. The lowest BCUT2D eigenvalue weighted by molar-refractivity contribution is -0.135. The van der Waals surface area contributed by atoms with E-state index in [9.17, 15) is 9.59 Å². The Morgan fingerprint density at radius 2 is 1.61 bits per heavy atom. The summed E-state index contributed by atoms with van der Waals surface area (Å²) in [5.74, 6) is 0.652. The van der Waals surface area contributed by atoms with Gasteiger partial charge in [0.05, 0.1) is 0 Å². The molecule has 3 rings (SSSR count). The van der Waals surface area contributed by atoms with E-state index in [1.807, 2.05) is 62.4 Å². The van der Waals surface area contributed by atoms with Gasteiger partial charge in [0, 0.05) is 26.2 Å². The summed E-state index contributed by atoms with van der Waals surface area (Å²) in [6.07, 6.45) is -0.345. The number of piperazine rings is 1. The van der Waals surface area contributed by atoms with E-state index in [0.717, 1.165) is 22.4 Å². The molecule has 2 aromatic rings. The van der Waals surface area contributed by atoms with Gasteiger partial charge in [0.15, 0.2) is 6.61 Å². The van der Waals surface area contributed by atoms with Crippen LogP contribution in [0.5, 0.6) is 5.75 Å². The minimum atomic E-state index is -0.345. The van der Waals surface area contributed by atoms with E-state index in [2.05, 4.69) is 0 Å². The van der Waals surface area contributed by atoms with E-state index in [4.69, 9.17) is 9.47 Å². The number of carbonyl (C=O) groups is 2. The number of hydrogen-bond acceptors (Lipinski definition) is 4. The zero-order valence-electron chi connectivity index (χ0n) is 16.4. The molecule has 0 bridgehead atoms. The lowest BCUT2D eigenvalue weighted by Gasteiger charge is -2.34. The molecule has 2 amide bonds. The van der Waals surface area contributed by atoms with Crippen LogP contribution in [-0.2, 0) is 16.1 Å². The third-order valence-electron chi connectivity index (χ3n) is 4.78. The van der Waals surface area contributed by atoms with Crippen LogP contribution in [0.15, 0.2) is 48.5 Å². The number of benzene rings is 2. The molecule has 0 aromatic heterocycles. The highest BCUT2D eigenvalue weighted by atomic mass is 16.6. The summed E-state index contributed by atoms with van der Waals surface area (Å²) in [6, 6.07) is 15.5. The van der Waals surface area contributed by atoms with Crippen molar-refractivity contribution < 1.29 is 19.1 Å². The van der Waals surface area contributed by atoms with Crippen LogP contribution in [-0.4, -0.2) is 54.6 Å². The first kappa shape index (κ1) is 19.7. The van der Waals surface area contributed by atoms with Crippen molar-refractivity contribution in [2.75, 3.05) is 32.8 Å². The summed E-state index contributed by atoms with van der Waals surface area (Å²) in [4.78, 5) is 28.0. The Hall–Kier alpha value is -3.02. The van der Waals surface area contributed by atoms with Crippen LogP contribution in [0.25, 0.3) is 0 Å². The van der Waals surface area contributed by atoms with Gasteiger partial charge in [-0.25, -0.2) is 4.79 Å².